The number of nitrogens with one attached hydrogen (secondary N) is 2. The molecular weight excluding hydrogens is 375 g/mol. The van der Waals surface area contributed by atoms with Gasteiger partial charge in [0.15, 0.2) is 5.96 Å². The maximum atomic E-state index is 13.6. The minimum Gasteiger partial charge on any atom is -0.357 e. The van der Waals surface area contributed by atoms with E-state index in [1.807, 2.05) is 13.0 Å². The Balaban J connectivity index is 1.82. The van der Waals surface area contributed by atoms with E-state index in [0.717, 1.165) is 11.5 Å². The quantitative estimate of drug-likeness (QED) is 0.507. The van der Waals surface area contributed by atoms with Gasteiger partial charge in [-0.1, -0.05) is 18.2 Å². The van der Waals surface area contributed by atoms with Gasteiger partial charge in [-0.15, -0.1) is 0 Å². The van der Waals surface area contributed by atoms with Crippen molar-refractivity contribution in [2.45, 2.75) is 13.3 Å². The van der Waals surface area contributed by atoms with Crippen LogP contribution < -0.4 is 10.6 Å². The first-order valence-electron chi connectivity index (χ1n) is 8.84. The van der Waals surface area contributed by atoms with Crippen LogP contribution in [-0.2, 0) is 16.4 Å². The summed E-state index contributed by atoms with van der Waals surface area (Å²) in [5.74, 6) is 2.03. The highest BCUT2D eigenvalue weighted by Gasteiger charge is 2.23. The van der Waals surface area contributed by atoms with Gasteiger partial charge in [0.2, 0.25) is 10.0 Å². The average Bonchev–Trinajstić information content (AvgIpc) is 2.64. The number of guanidine groups is 1. The lowest BCUT2D eigenvalue weighted by Crippen LogP contribution is -2.41. The smallest absolute Gasteiger partial charge is 0.215 e. The Morgan fingerprint density at radius 2 is 2.00 bits per heavy atom. The predicted octanol–water partition coefficient (Wildman–Crippen LogP) is 1.30. The molecule has 0 radical (unpaired) electrons. The molecule has 2 rings (SSSR count). The summed E-state index contributed by atoms with van der Waals surface area (Å²) in [6.45, 7) is 4.48. The molecule has 1 heterocycles. The van der Waals surface area contributed by atoms with Gasteiger partial charge in [-0.25, -0.2) is 17.1 Å². The molecule has 1 fully saturated rings. The van der Waals surface area contributed by atoms with Gasteiger partial charge in [0.05, 0.1) is 12.3 Å². The van der Waals surface area contributed by atoms with Gasteiger partial charge < -0.3 is 10.6 Å². The molecule has 0 spiro atoms. The summed E-state index contributed by atoms with van der Waals surface area (Å²) in [5.41, 5.74) is 0.640. The van der Waals surface area contributed by atoms with Crippen molar-refractivity contribution in [3.63, 3.8) is 0 Å². The van der Waals surface area contributed by atoms with E-state index in [0.29, 0.717) is 44.1 Å². The molecule has 1 aromatic carbocycles. The maximum Gasteiger partial charge on any atom is 0.215 e. The molecule has 0 atom stereocenters. The third-order valence-corrected chi connectivity index (χ3v) is 6.76. The summed E-state index contributed by atoms with van der Waals surface area (Å²) in [6, 6.07) is 6.67. The Kier molecular flexibility index (Phi) is 8.67. The fourth-order valence-corrected chi connectivity index (χ4v) is 5.04. The SMILES string of the molecule is CCNC(=NCCS(=O)(=O)N1CCSCC1)NCCc1ccccc1F. The molecule has 146 valence electrons. The highest BCUT2D eigenvalue weighted by atomic mass is 32.2. The lowest BCUT2D eigenvalue weighted by Gasteiger charge is -2.25. The van der Waals surface area contributed by atoms with E-state index in [-0.39, 0.29) is 18.1 Å². The zero-order valence-electron chi connectivity index (χ0n) is 15.1. The first-order valence-corrected chi connectivity index (χ1v) is 11.6. The molecule has 26 heavy (non-hydrogen) atoms. The van der Waals surface area contributed by atoms with Crippen molar-refractivity contribution in [1.82, 2.24) is 14.9 Å². The van der Waals surface area contributed by atoms with Crippen LogP contribution in [0, 0.1) is 5.82 Å². The molecule has 2 N–H and O–H groups in total. The van der Waals surface area contributed by atoms with Crippen LogP contribution in [0.5, 0.6) is 0 Å². The zero-order chi connectivity index (χ0) is 18.8. The molecule has 6 nitrogen and oxygen atoms in total. The fourth-order valence-electron chi connectivity index (χ4n) is 2.59. The average molecular weight is 403 g/mol. The van der Waals surface area contributed by atoms with Crippen molar-refractivity contribution >= 4 is 27.7 Å². The summed E-state index contributed by atoms with van der Waals surface area (Å²) in [7, 11) is -3.26. The molecule has 0 aromatic heterocycles. The van der Waals surface area contributed by atoms with Crippen LogP contribution in [0.25, 0.3) is 0 Å². The van der Waals surface area contributed by atoms with Crippen molar-refractivity contribution in [3.8, 4) is 0 Å². The summed E-state index contributed by atoms with van der Waals surface area (Å²) in [6.07, 6.45) is 0.529. The Bertz CT molecular complexity index is 692. The highest BCUT2D eigenvalue weighted by Crippen LogP contribution is 2.13. The van der Waals surface area contributed by atoms with Crippen LogP contribution in [0.3, 0.4) is 0 Å². The third kappa shape index (κ3) is 6.77. The Morgan fingerprint density at radius 1 is 1.27 bits per heavy atom. The van der Waals surface area contributed by atoms with Gasteiger partial charge in [0.1, 0.15) is 5.82 Å². The van der Waals surface area contributed by atoms with E-state index in [9.17, 15) is 12.8 Å². The van der Waals surface area contributed by atoms with Gasteiger partial charge in [-0.2, -0.15) is 11.8 Å². The molecule has 1 saturated heterocycles. The first-order chi connectivity index (χ1) is 12.5. The summed E-state index contributed by atoms with van der Waals surface area (Å²) < 4.78 is 39.8. The monoisotopic (exact) mass is 402 g/mol. The topological polar surface area (TPSA) is 73.8 Å². The number of sulfonamides is 1. The molecule has 1 aliphatic rings. The second kappa shape index (κ2) is 10.7. The van der Waals surface area contributed by atoms with E-state index in [2.05, 4.69) is 15.6 Å². The lowest BCUT2D eigenvalue weighted by molar-refractivity contribution is 0.444. The van der Waals surface area contributed by atoms with Crippen molar-refractivity contribution in [3.05, 3.63) is 35.6 Å². The zero-order valence-corrected chi connectivity index (χ0v) is 16.7. The molecule has 0 bridgehead atoms. The van der Waals surface area contributed by atoms with Gasteiger partial charge in [-0.05, 0) is 25.0 Å². The van der Waals surface area contributed by atoms with Crippen molar-refractivity contribution < 1.29 is 12.8 Å². The molecule has 9 heteroatoms. The summed E-state index contributed by atoms with van der Waals surface area (Å²) >= 11 is 1.78. The Morgan fingerprint density at radius 3 is 2.69 bits per heavy atom. The molecule has 0 aliphatic carbocycles. The number of halogens is 1. The Hall–Kier alpha value is -1.32. The largest absolute Gasteiger partial charge is 0.357 e. The van der Waals surface area contributed by atoms with Gasteiger partial charge >= 0.3 is 0 Å². The summed E-state index contributed by atoms with van der Waals surface area (Å²) in [4.78, 5) is 4.34. The highest BCUT2D eigenvalue weighted by molar-refractivity contribution is 7.99. The van der Waals surface area contributed by atoms with E-state index < -0.39 is 10.0 Å². The van der Waals surface area contributed by atoms with E-state index in [1.54, 1.807) is 28.2 Å². The van der Waals surface area contributed by atoms with Crippen molar-refractivity contribution in [1.29, 1.82) is 0 Å². The van der Waals surface area contributed by atoms with Crippen LogP contribution in [-0.4, -0.2) is 68.7 Å². The van der Waals surface area contributed by atoms with E-state index in [4.69, 9.17) is 0 Å². The summed E-state index contributed by atoms with van der Waals surface area (Å²) in [5, 5.41) is 6.21. The predicted molar refractivity (Wildman–Crippen MR) is 107 cm³/mol. The maximum absolute atomic E-state index is 13.6. The molecular formula is C17H27FN4O2S2. The van der Waals surface area contributed by atoms with Crippen LogP contribution in [0.1, 0.15) is 12.5 Å². The number of aliphatic imine (C=N–C) groups is 1. The van der Waals surface area contributed by atoms with Gasteiger partial charge in [-0.3, -0.25) is 4.99 Å². The van der Waals surface area contributed by atoms with Crippen LogP contribution >= 0.6 is 11.8 Å². The molecule has 0 unspecified atom stereocenters. The van der Waals surface area contributed by atoms with Crippen molar-refractivity contribution in [2.24, 2.45) is 4.99 Å². The number of hydrogen-bond donors (Lipinski definition) is 2. The second-order valence-corrected chi connectivity index (χ2v) is 9.17. The molecule has 0 saturated carbocycles. The number of hydrogen-bond acceptors (Lipinski definition) is 4. The number of benzene rings is 1. The lowest BCUT2D eigenvalue weighted by atomic mass is 10.1. The first kappa shape index (κ1) is 21.0. The molecule has 0 amide bonds. The van der Waals surface area contributed by atoms with E-state index >= 15 is 0 Å². The standard InChI is InChI=1S/C17H27FN4O2S2/c1-2-19-17(20-8-7-15-5-3-4-6-16(15)18)21-9-14-26(23,24)22-10-12-25-13-11-22/h3-6H,2,7-14H2,1H3,(H2,19,20,21). The van der Waals surface area contributed by atoms with Gasteiger partial charge in [0, 0.05) is 37.7 Å². The van der Waals surface area contributed by atoms with Crippen molar-refractivity contribution in [2.75, 3.05) is 50.0 Å². The minimum atomic E-state index is -3.26. The van der Waals surface area contributed by atoms with Gasteiger partial charge in [0.25, 0.3) is 0 Å². The number of thioether (sulfide) groups is 1. The Labute approximate surface area is 159 Å². The van der Waals surface area contributed by atoms with E-state index in [1.165, 1.54) is 6.07 Å². The van der Waals surface area contributed by atoms with Crippen LogP contribution in [0.2, 0.25) is 0 Å². The number of rotatable bonds is 8. The normalized spacial score (nSPS) is 16.5. The fraction of sp³-hybridized carbons (Fsp3) is 0.588. The second-order valence-electron chi connectivity index (χ2n) is 5.86. The van der Waals surface area contributed by atoms with Crippen LogP contribution in [0.4, 0.5) is 4.39 Å². The third-order valence-electron chi connectivity index (χ3n) is 3.97. The number of nitrogens with zero attached hydrogens (tertiary/aromatic N) is 2. The molecule has 1 aromatic rings. The minimum absolute atomic E-state index is 0.00154. The molecule has 1 aliphatic heterocycles. The van der Waals surface area contributed by atoms with Crippen LogP contribution in [0.15, 0.2) is 29.3 Å².